The van der Waals surface area contributed by atoms with E-state index in [9.17, 15) is 9.59 Å². The van der Waals surface area contributed by atoms with Crippen LogP contribution in [0.2, 0.25) is 0 Å². The first kappa shape index (κ1) is 18.6. The minimum atomic E-state index is -0.576. The number of anilines is 1. The molecule has 0 N–H and O–H groups in total. The number of esters is 1. The predicted molar refractivity (Wildman–Crippen MR) is 100 cm³/mol. The third-order valence-corrected chi connectivity index (χ3v) is 4.32. The Morgan fingerprint density at radius 3 is 2.59 bits per heavy atom. The number of nitrogens with zero attached hydrogens (tertiary/aromatic N) is 2. The van der Waals surface area contributed by atoms with E-state index >= 15 is 0 Å². The highest BCUT2D eigenvalue weighted by Crippen LogP contribution is 2.28. The highest BCUT2D eigenvalue weighted by Gasteiger charge is 2.23. The van der Waals surface area contributed by atoms with E-state index in [0.29, 0.717) is 31.9 Å². The van der Waals surface area contributed by atoms with Crippen LogP contribution in [0.25, 0.3) is 6.08 Å². The summed E-state index contributed by atoms with van der Waals surface area (Å²) in [5.41, 5.74) is 1.02. The Hall–Kier alpha value is -3.22. The summed E-state index contributed by atoms with van der Waals surface area (Å²) in [4.78, 5) is 27.8. The maximum absolute atomic E-state index is 12.3. The number of ether oxygens (including phenoxy) is 2. The summed E-state index contributed by atoms with van der Waals surface area (Å²) in [5, 5.41) is 0. The van der Waals surface area contributed by atoms with E-state index in [1.165, 1.54) is 18.4 Å². The van der Waals surface area contributed by atoms with Crippen LogP contribution >= 0.6 is 0 Å². The van der Waals surface area contributed by atoms with Crippen molar-refractivity contribution in [1.82, 2.24) is 4.90 Å². The van der Waals surface area contributed by atoms with E-state index in [4.69, 9.17) is 13.9 Å². The van der Waals surface area contributed by atoms with E-state index in [0.717, 1.165) is 11.4 Å². The lowest BCUT2D eigenvalue weighted by Crippen LogP contribution is -2.50. The van der Waals surface area contributed by atoms with Gasteiger partial charge >= 0.3 is 5.97 Å². The molecule has 0 bridgehead atoms. The Morgan fingerprint density at radius 2 is 1.89 bits per heavy atom. The van der Waals surface area contributed by atoms with Crippen LogP contribution in [-0.4, -0.2) is 56.7 Å². The summed E-state index contributed by atoms with van der Waals surface area (Å²) in [7, 11) is 1.65. The van der Waals surface area contributed by atoms with Gasteiger partial charge in [0.05, 0.1) is 19.1 Å². The first-order chi connectivity index (χ1) is 13.2. The third kappa shape index (κ3) is 4.91. The van der Waals surface area contributed by atoms with Crippen molar-refractivity contribution in [3.8, 4) is 5.75 Å². The average Bonchev–Trinajstić information content (AvgIpc) is 3.24. The molecule has 1 fully saturated rings. The zero-order chi connectivity index (χ0) is 19.1. The van der Waals surface area contributed by atoms with E-state index in [1.807, 2.05) is 24.3 Å². The first-order valence-electron chi connectivity index (χ1n) is 8.71. The molecule has 1 amide bonds. The molecule has 1 aliphatic rings. The first-order valence-corrected chi connectivity index (χ1v) is 8.71. The van der Waals surface area contributed by atoms with Gasteiger partial charge in [0.15, 0.2) is 6.61 Å². The maximum Gasteiger partial charge on any atom is 0.331 e. The lowest BCUT2D eigenvalue weighted by Gasteiger charge is -2.36. The summed E-state index contributed by atoms with van der Waals surface area (Å²) in [6, 6.07) is 11.3. The molecule has 1 aromatic heterocycles. The lowest BCUT2D eigenvalue weighted by molar-refractivity contribution is -0.148. The molecule has 0 aliphatic carbocycles. The van der Waals surface area contributed by atoms with E-state index < -0.39 is 5.97 Å². The van der Waals surface area contributed by atoms with Crippen molar-refractivity contribution in [3.05, 3.63) is 54.5 Å². The van der Waals surface area contributed by atoms with Crippen molar-refractivity contribution in [3.63, 3.8) is 0 Å². The van der Waals surface area contributed by atoms with Crippen molar-refractivity contribution in [1.29, 1.82) is 0 Å². The summed E-state index contributed by atoms with van der Waals surface area (Å²) in [5.74, 6) is 0.585. The quantitative estimate of drug-likeness (QED) is 0.573. The molecular weight excluding hydrogens is 348 g/mol. The normalized spacial score (nSPS) is 14.4. The molecule has 0 radical (unpaired) electrons. The molecule has 0 spiro atoms. The standard InChI is InChI=1S/C20H22N2O5/c1-25-18-7-3-2-6-17(18)21-10-12-22(13-11-21)19(23)15-27-20(24)9-8-16-5-4-14-26-16/h2-9,14H,10-13,15H2,1H3/b9-8+. The molecule has 0 unspecified atom stereocenters. The van der Waals surface area contributed by atoms with Gasteiger partial charge < -0.3 is 23.7 Å². The number of carbonyl (C=O) groups excluding carboxylic acids is 2. The molecule has 0 saturated carbocycles. The van der Waals surface area contributed by atoms with Gasteiger partial charge in [-0.25, -0.2) is 4.79 Å². The van der Waals surface area contributed by atoms with Crippen molar-refractivity contribution >= 4 is 23.6 Å². The van der Waals surface area contributed by atoms with Gasteiger partial charge in [-0.15, -0.1) is 0 Å². The van der Waals surface area contributed by atoms with Crippen LogP contribution in [0.5, 0.6) is 5.75 Å². The average molecular weight is 370 g/mol. The maximum atomic E-state index is 12.3. The zero-order valence-electron chi connectivity index (χ0n) is 15.2. The number of furan rings is 1. The minimum absolute atomic E-state index is 0.200. The summed E-state index contributed by atoms with van der Waals surface area (Å²) in [6.45, 7) is 2.25. The number of carbonyl (C=O) groups is 2. The number of piperazine rings is 1. The predicted octanol–water partition coefficient (Wildman–Crippen LogP) is 2.19. The topological polar surface area (TPSA) is 72.2 Å². The highest BCUT2D eigenvalue weighted by atomic mass is 16.5. The molecule has 2 aromatic rings. The Balaban J connectivity index is 1.45. The number of rotatable bonds is 6. The van der Waals surface area contributed by atoms with Gasteiger partial charge in [-0.3, -0.25) is 4.79 Å². The molecule has 2 heterocycles. The van der Waals surface area contributed by atoms with Crippen LogP contribution in [0.15, 0.2) is 53.2 Å². The number of methoxy groups -OCH3 is 1. The van der Waals surface area contributed by atoms with Crippen LogP contribution in [0.3, 0.4) is 0 Å². The van der Waals surface area contributed by atoms with Gasteiger partial charge in [0.25, 0.3) is 5.91 Å². The van der Waals surface area contributed by atoms with Gasteiger partial charge in [-0.2, -0.15) is 0 Å². The number of benzene rings is 1. The minimum Gasteiger partial charge on any atom is -0.495 e. The zero-order valence-corrected chi connectivity index (χ0v) is 15.2. The molecule has 7 nitrogen and oxygen atoms in total. The second-order valence-electron chi connectivity index (χ2n) is 6.00. The lowest BCUT2D eigenvalue weighted by atomic mass is 10.2. The van der Waals surface area contributed by atoms with Crippen molar-refractivity contribution in [2.75, 3.05) is 44.8 Å². The van der Waals surface area contributed by atoms with Gasteiger partial charge in [0.1, 0.15) is 11.5 Å². The number of hydrogen-bond donors (Lipinski definition) is 0. The Kier molecular flexibility index (Phi) is 6.14. The molecule has 142 valence electrons. The van der Waals surface area contributed by atoms with E-state index in [1.54, 1.807) is 24.1 Å². The smallest absolute Gasteiger partial charge is 0.331 e. The Labute approximate surface area is 157 Å². The molecule has 1 aliphatic heterocycles. The Bertz CT molecular complexity index is 792. The summed E-state index contributed by atoms with van der Waals surface area (Å²) in [6.07, 6.45) is 4.25. The largest absolute Gasteiger partial charge is 0.495 e. The SMILES string of the molecule is COc1ccccc1N1CCN(C(=O)COC(=O)/C=C/c2ccco2)CC1. The fraction of sp³-hybridized carbons (Fsp3) is 0.300. The van der Waals surface area contributed by atoms with Gasteiger partial charge in [-0.05, 0) is 30.3 Å². The van der Waals surface area contributed by atoms with Crippen molar-refractivity contribution < 1.29 is 23.5 Å². The fourth-order valence-electron chi connectivity index (χ4n) is 2.90. The second kappa shape index (κ2) is 8.93. The molecule has 0 atom stereocenters. The van der Waals surface area contributed by atoms with Crippen molar-refractivity contribution in [2.45, 2.75) is 0 Å². The number of hydrogen-bond acceptors (Lipinski definition) is 6. The van der Waals surface area contributed by atoms with Crippen LogP contribution in [0, 0.1) is 0 Å². The van der Waals surface area contributed by atoms with E-state index in [-0.39, 0.29) is 12.5 Å². The molecule has 7 heteroatoms. The highest BCUT2D eigenvalue weighted by molar-refractivity contribution is 5.89. The monoisotopic (exact) mass is 370 g/mol. The third-order valence-electron chi connectivity index (χ3n) is 4.32. The van der Waals surface area contributed by atoms with Crippen LogP contribution in [0.4, 0.5) is 5.69 Å². The number of para-hydroxylation sites is 2. The van der Waals surface area contributed by atoms with Crippen LogP contribution in [0.1, 0.15) is 5.76 Å². The Morgan fingerprint density at radius 1 is 1.11 bits per heavy atom. The molecule has 3 rings (SSSR count). The van der Waals surface area contributed by atoms with E-state index in [2.05, 4.69) is 4.90 Å². The van der Waals surface area contributed by atoms with Gasteiger partial charge in [0.2, 0.25) is 0 Å². The van der Waals surface area contributed by atoms with Crippen LogP contribution < -0.4 is 9.64 Å². The molecule has 1 aromatic carbocycles. The van der Waals surface area contributed by atoms with Crippen LogP contribution in [-0.2, 0) is 14.3 Å². The van der Waals surface area contributed by atoms with Gasteiger partial charge in [-0.1, -0.05) is 12.1 Å². The van der Waals surface area contributed by atoms with Gasteiger partial charge in [0, 0.05) is 32.3 Å². The second-order valence-corrected chi connectivity index (χ2v) is 6.00. The van der Waals surface area contributed by atoms with Crippen molar-refractivity contribution in [2.24, 2.45) is 0 Å². The molecule has 1 saturated heterocycles. The molecular formula is C20H22N2O5. The summed E-state index contributed by atoms with van der Waals surface area (Å²) < 4.78 is 15.5. The fourth-order valence-corrected chi connectivity index (χ4v) is 2.90. The number of amides is 1. The summed E-state index contributed by atoms with van der Waals surface area (Å²) >= 11 is 0. The molecule has 27 heavy (non-hydrogen) atoms.